The zero-order valence-electron chi connectivity index (χ0n) is 14.8. The van der Waals surface area contributed by atoms with Crippen LogP contribution in [0.5, 0.6) is 0 Å². The molecule has 1 aliphatic rings. The summed E-state index contributed by atoms with van der Waals surface area (Å²) in [4.78, 5) is 0. The van der Waals surface area contributed by atoms with Gasteiger partial charge in [0, 0.05) is 5.41 Å². The third-order valence-corrected chi connectivity index (χ3v) is 5.70. The highest BCUT2D eigenvalue weighted by Gasteiger charge is 2.49. The van der Waals surface area contributed by atoms with E-state index in [9.17, 15) is 0 Å². The van der Waals surface area contributed by atoms with Crippen LogP contribution in [0.1, 0.15) is 52.7 Å². The van der Waals surface area contributed by atoms with Gasteiger partial charge in [0.05, 0.1) is 0 Å². The first kappa shape index (κ1) is 15.3. The van der Waals surface area contributed by atoms with E-state index in [4.69, 9.17) is 0 Å². The molecule has 0 atom stereocenters. The molecule has 0 aromatic heterocycles. The lowest BCUT2D eigenvalue weighted by Crippen LogP contribution is -2.47. The Morgan fingerprint density at radius 1 is 0.818 bits per heavy atom. The maximum atomic E-state index is 2.49. The minimum atomic E-state index is 0.176. The van der Waals surface area contributed by atoms with E-state index in [1.54, 1.807) is 0 Å². The van der Waals surface area contributed by atoms with Crippen molar-refractivity contribution in [2.24, 2.45) is 16.2 Å². The van der Waals surface area contributed by atoms with Gasteiger partial charge in [0.15, 0.2) is 0 Å². The summed E-state index contributed by atoms with van der Waals surface area (Å²) in [5.41, 5.74) is 3.51. The summed E-state index contributed by atoms with van der Waals surface area (Å²) in [6.45, 7) is 14.3. The van der Waals surface area contributed by atoms with Crippen molar-refractivity contribution in [3.8, 4) is 0 Å². The first-order valence-electron chi connectivity index (χ1n) is 8.35. The first-order chi connectivity index (χ1) is 10.1. The molecule has 0 nitrogen and oxygen atoms in total. The molecule has 2 aromatic carbocycles. The number of benzene rings is 2. The van der Waals surface area contributed by atoms with Crippen LogP contribution in [-0.4, -0.2) is 0 Å². The largest absolute Gasteiger partial charge is 0.0763 e. The first-order valence-corrected chi connectivity index (χ1v) is 8.35. The van der Waals surface area contributed by atoms with Crippen LogP contribution in [0.2, 0.25) is 0 Å². The highest BCUT2D eigenvalue weighted by Crippen LogP contribution is 2.56. The monoisotopic (exact) mass is 292 g/mol. The fourth-order valence-electron chi connectivity index (χ4n) is 4.36. The molecule has 1 aliphatic carbocycles. The zero-order chi connectivity index (χ0) is 16.2. The number of rotatable bonds is 0. The standard InChI is InChI=1S/C22H28/c1-20(2,3)22(21(4,5)6)12-11-18-13-16-9-7-8-10-17(16)14-19(18)15-22/h7-14H,15H2,1-6H3. The molecule has 0 unspecified atom stereocenters. The van der Waals surface area contributed by atoms with Gasteiger partial charge in [0.1, 0.15) is 0 Å². The summed E-state index contributed by atoms with van der Waals surface area (Å²) in [5, 5.41) is 2.69. The van der Waals surface area contributed by atoms with Crippen molar-refractivity contribution < 1.29 is 0 Å². The maximum absolute atomic E-state index is 2.49. The molecule has 22 heavy (non-hydrogen) atoms. The van der Waals surface area contributed by atoms with Crippen molar-refractivity contribution in [1.29, 1.82) is 0 Å². The summed E-state index contributed by atoms with van der Waals surface area (Å²) >= 11 is 0. The Morgan fingerprint density at radius 2 is 1.36 bits per heavy atom. The van der Waals surface area contributed by atoms with Crippen molar-refractivity contribution in [3.63, 3.8) is 0 Å². The highest BCUT2D eigenvalue weighted by atomic mass is 14.5. The van der Waals surface area contributed by atoms with Gasteiger partial charge < -0.3 is 0 Å². The van der Waals surface area contributed by atoms with Crippen LogP contribution in [0.25, 0.3) is 16.8 Å². The molecule has 0 aliphatic heterocycles. The van der Waals surface area contributed by atoms with Crippen LogP contribution >= 0.6 is 0 Å². The topological polar surface area (TPSA) is 0 Å². The zero-order valence-corrected chi connectivity index (χ0v) is 14.8. The number of allylic oxidation sites excluding steroid dienone is 1. The van der Waals surface area contributed by atoms with Crippen LogP contribution in [0, 0.1) is 16.2 Å². The van der Waals surface area contributed by atoms with E-state index in [0.717, 1.165) is 6.42 Å². The Morgan fingerprint density at radius 3 is 1.91 bits per heavy atom. The molecular weight excluding hydrogens is 264 g/mol. The van der Waals surface area contributed by atoms with Crippen LogP contribution < -0.4 is 0 Å². The second kappa shape index (κ2) is 4.72. The number of hydrogen-bond acceptors (Lipinski definition) is 0. The van der Waals surface area contributed by atoms with Crippen LogP contribution in [-0.2, 0) is 6.42 Å². The van der Waals surface area contributed by atoms with Gasteiger partial charge in [-0.2, -0.15) is 0 Å². The van der Waals surface area contributed by atoms with E-state index in [0.29, 0.717) is 0 Å². The van der Waals surface area contributed by atoms with E-state index in [2.05, 4.69) is 90.1 Å². The molecule has 0 amide bonds. The van der Waals surface area contributed by atoms with E-state index in [1.807, 2.05) is 0 Å². The Kier molecular flexibility index (Phi) is 3.29. The molecular formula is C22H28. The molecule has 2 aromatic rings. The molecule has 0 bridgehead atoms. The van der Waals surface area contributed by atoms with Gasteiger partial charge in [-0.1, -0.05) is 84.0 Å². The summed E-state index contributed by atoms with van der Waals surface area (Å²) in [5.74, 6) is 0. The lowest BCUT2D eigenvalue weighted by molar-refractivity contribution is 0.0171. The molecule has 0 heterocycles. The quantitative estimate of drug-likeness (QED) is 0.520. The van der Waals surface area contributed by atoms with Crippen LogP contribution in [0.15, 0.2) is 42.5 Å². The second-order valence-electron chi connectivity index (χ2n) is 8.88. The Balaban J connectivity index is 2.19. The van der Waals surface area contributed by atoms with Crippen molar-refractivity contribution in [1.82, 2.24) is 0 Å². The normalized spacial score (nSPS) is 17.5. The Bertz CT molecular complexity index is 719. The molecule has 0 radical (unpaired) electrons. The third kappa shape index (κ3) is 2.20. The molecule has 116 valence electrons. The van der Waals surface area contributed by atoms with Crippen molar-refractivity contribution >= 4 is 16.8 Å². The summed E-state index contributed by atoms with van der Waals surface area (Å²) in [7, 11) is 0. The van der Waals surface area contributed by atoms with E-state index < -0.39 is 0 Å². The summed E-state index contributed by atoms with van der Waals surface area (Å²) < 4.78 is 0. The average Bonchev–Trinajstić information content (AvgIpc) is 2.42. The van der Waals surface area contributed by atoms with Gasteiger partial charge in [0.2, 0.25) is 0 Å². The average molecular weight is 292 g/mol. The molecule has 0 spiro atoms. The molecule has 0 fully saturated rings. The van der Waals surface area contributed by atoms with E-state index in [1.165, 1.54) is 21.9 Å². The lowest BCUT2D eigenvalue weighted by Gasteiger charge is -2.54. The summed E-state index contributed by atoms with van der Waals surface area (Å²) in [6, 6.07) is 13.4. The van der Waals surface area contributed by atoms with Gasteiger partial charge in [-0.3, -0.25) is 0 Å². The minimum Gasteiger partial charge on any atom is -0.0763 e. The minimum absolute atomic E-state index is 0.176. The lowest BCUT2D eigenvalue weighted by atomic mass is 9.50. The highest BCUT2D eigenvalue weighted by molar-refractivity contribution is 5.86. The molecule has 3 rings (SSSR count). The second-order valence-corrected chi connectivity index (χ2v) is 8.88. The third-order valence-electron chi connectivity index (χ3n) is 5.70. The fourth-order valence-corrected chi connectivity index (χ4v) is 4.36. The van der Waals surface area contributed by atoms with E-state index >= 15 is 0 Å². The maximum Gasteiger partial charge on any atom is 0.00226 e. The van der Waals surface area contributed by atoms with Crippen LogP contribution in [0.4, 0.5) is 0 Å². The van der Waals surface area contributed by atoms with Gasteiger partial charge >= 0.3 is 0 Å². The smallest absolute Gasteiger partial charge is 0.00226 e. The van der Waals surface area contributed by atoms with Gasteiger partial charge in [-0.25, -0.2) is 0 Å². The van der Waals surface area contributed by atoms with Gasteiger partial charge in [-0.15, -0.1) is 0 Å². The molecule has 0 heteroatoms. The number of hydrogen-bond donors (Lipinski definition) is 0. The molecule has 0 saturated carbocycles. The summed E-state index contributed by atoms with van der Waals surface area (Å²) in [6.07, 6.45) is 5.97. The van der Waals surface area contributed by atoms with Crippen molar-refractivity contribution in [2.75, 3.05) is 0 Å². The predicted molar refractivity (Wildman–Crippen MR) is 98.0 cm³/mol. The van der Waals surface area contributed by atoms with Crippen LogP contribution in [0.3, 0.4) is 0 Å². The van der Waals surface area contributed by atoms with E-state index in [-0.39, 0.29) is 16.2 Å². The Labute approximate surface area is 135 Å². The predicted octanol–water partition coefficient (Wildman–Crippen LogP) is 6.49. The molecule has 0 N–H and O–H groups in total. The number of fused-ring (bicyclic) bond motifs is 2. The SMILES string of the molecule is CC(C)(C)C1(C(C)(C)C)C=Cc2cc3ccccc3cc2C1. The molecule has 0 saturated heterocycles. The van der Waals surface area contributed by atoms with Gasteiger partial charge in [-0.05, 0) is 45.2 Å². The Hall–Kier alpha value is -1.56. The van der Waals surface area contributed by atoms with Gasteiger partial charge in [0.25, 0.3) is 0 Å². The fraction of sp³-hybridized carbons (Fsp3) is 0.455. The van der Waals surface area contributed by atoms with Crippen molar-refractivity contribution in [3.05, 3.63) is 53.6 Å². The van der Waals surface area contributed by atoms with Crippen molar-refractivity contribution in [2.45, 2.75) is 48.0 Å².